The van der Waals surface area contributed by atoms with E-state index in [0.29, 0.717) is 11.8 Å². The Morgan fingerprint density at radius 1 is 1.07 bits per heavy atom. The monoisotopic (exact) mass is 190 g/mol. The van der Waals surface area contributed by atoms with Gasteiger partial charge in [0.1, 0.15) is 11.6 Å². The summed E-state index contributed by atoms with van der Waals surface area (Å²) in [6, 6.07) is 0. The Hall–Kier alpha value is -0.920. The number of carbonyl (C=O) groups is 2. The summed E-state index contributed by atoms with van der Waals surface area (Å²) in [6.45, 7) is 3.57. The zero-order chi connectivity index (χ0) is 10.1. The van der Waals surface area contributed by atoms with Crippen molar-refractivity contribution in [3.8, 4) is 0 Å². The normalized spacial score (nSPS) is 47.6. The third kappa shape index (κ3) is 0.701. The van der Waals surface area contributed by atoms with Crippen LogP contribution in [0.4, 0.5) is 0 Å². The minimum Gasteiger partial charge on any atom is -0.298 e. The first kappa shape index (κ1) is 8.39. The van der Waals surface area contributed by atoms with Crippen LogP contribution in [0.25, 0.3) is 0 Å². The third-order valence-electron chi connectivity index (χ3n) is 4.30. The molecule has 0 radical (unpaired) electrons. The highest BCUT2D eigenvalue weighted by molar-refractivity contribution is 6.15. The van der Waals surface area contributed by atoms with E-state index >= 15 is 0 Å². The summed E-state index contributed by atoms with van der Waals surface area (Å²) in [4.78, 5) is 24.1. The van der Waals surface area contributed by atoms with Gasteiger partial charge in [0.05, 0.1) is 5.41 Å². The summed E-state index contributed by atoms with van der Waals surface area (Å²) < 4.78 is 0. The molecular weight excluding hydrogens is 176 g/mol. The predicted molar refractivity (Wildman–Crippen MR) is 51.5 cm³/mol. The molecule has 14 heavy (non-hydrogen) atoms. The van der Waals surface area contributed by atoms with Crippen LogP contribution in [-0.2, 0) is 9.59 Å². The predicted octanol–water partition coefficient (Wildman–Crippen LogP) is 1.60. The highest BCUT2D eigenvalue weighted by Crippen LogP contribution is 2.56. The minimum absolute atomic E-state index is 0.0208. The molecule has 2 bridgehead atoms. The highest BCUT2D eigenvalue weighted by Gasteiger charge is 2.62. The van der Waals surface area contributed by atoms with Crippen LogP contribution in [0.2, 0.25) is 0 Å². The van der Waals surface area contributed by atoms with Crippen LogP contribution in [0.5, 0.6) is 0 Å². The molecule has 0 aliphatic heterocycles. The molecular formula is C12H14O2. The van der Waals surface area contributed by atoms with Gasteiger partial charge in [0.2, 0.25) is 0 Å². The van der Waals surface area contributed by atoms with E-state index in [0.717, 1.165) is 6.42 Å². The first-order valence-electron chi connectivity index (χ1n) is 5.30. The van der Waals surface area contributed by atoms with E-state index in [2.05, 4.69) is 12.2 Å². The van der Waals surface area contributed by atoms with E-state index in [1.54, 1.807) is 13.8 Å². The van der Waals surface area contributed by atoms with Gasteiger partial charge in [-0.25, -0.2) is 0 Å². The van der Waals surface area contributed by atoms with Gasteiger partial charge in [-0.2, -0.15) is 0 Å². The SMILES string of the molecule is CC1(C)C(=O)[C@@H]2[C@H](C1=O)[C@H]1C=C[C@H]2C1. The maximum atomic E-state index is 12.1. The van der Waals surface area contributed by atoms with Crippen molar-refractivity contribution in [2.24, 2.45) is 29.1 Å². The van der Waals surface area contributed by atoms with Gasteiger partial charge in [-0.3, -0.25) is 9.59 Å². The molecule has 0 aromatic rings. The maximum absolute atomic E-state index is 12.1. The number of Topliss-reactive ketones (excluding diaryl/α,β-unsaturated/α-hetero) is 2. The van der Waals surface area contributed by atoms with Crippen LogP contribution >= 0.6 is 0 Å². The molecule has 0 heterocycles. The fourth-order valence-electron chi connectivity index (χ4n) is 3.49. The smallest absolute Gasteiger partial charge is 0.150 e. The van der Waals surface area contributed by atoms with Crippen molar-refractivity contribution in [1.29, 1.82) is 0 Å². The molecule has 2 nitrogen and oxygen atoms in total. The molecule has 0 unspecified atom stereocenters. The Morgan fingerprint density at radius 2 is 1.50 bits per heavy atom. The molecule has 74 valence electrons. The number of hydrogen-bond donors (Lipinski definition) is 0. The van der Waals surface area contributed by atoms with Gasteiger partial charge in [-0.1, -0.05) is 12.2 Å². The van der Waals surface area contributed by atoms with Crippen molar-refractivity contribution in [2.75, 3.05) is 0 Å². The van der Waals surface area contributed by atoms with Crippen LogP contribution in [0, 0.1) is 29.1 Å². The average molecular weight is 190 g/mol. The second-order valence-corrected chi connectivity index (χ2v) is 5.35. The summed E-state index contributed by atoms with van der Waals surface area (Å²) in [6.07, 6.45) is 5.31. The van der Waals surface area contributed by atoms with E-state index in [4.69, 9.17) is 0 Å². The lowest BCUT2D eigenvalue weighted by molar-refractivity contribution is -0.134. The second kappa shape index (κ2) is 2.18. The molecule has 0 aromatic carbocycles. The Kier molecular flexibility index (Phi) is 1.31. The van der Waals surface area contributed by atoms with Crippen LogP contribution < -0.4 is 0 Å². The number of ketones is 2. The maximum Gasteiger partial charge on any atom is 0.150 e. The second-order valence-electron chi connectivity index (χ2n) is 5.35. The van der Waals surface area contributed by atoms with Crippen molar-refractivity contribution in [1.82, 2.24) is 0 Å². The Morgan fingerprint density at radius 3 is 1.93 bits per heavy atom. The van der Waals surface area contributed by atoms with Gasteiger partial charge < -0.3 is 0 Å². The Bertz CT molecular complexity index is 333. The van der Waals surface area contributed by atoms with Crippen LogP contribution in [0.1, 0.15) is 20.3 Å². The third-order valence-corrected chi connectivity index (χ3v) is 4.30. The largest absolute Gasteiger partial charge is 0.298 e. The fourth-order valence-corrected chi connectivity index (χ4v) is 3.49. The first-order chi connectivity index (χ1) is 6.53. The van der Waals surface area contributed by atoms with E-state index in [1.807, 2.05) is 0 Å². The molecule has 0 N–H and O–H groups in total. The molecule has 3 rings (SSSR count). The van der Waals surface area contributed by atoms with Crippen LogP contribution in [-0.4, -0.2) is 11.6 Å². The fraction of sp³-hybridized carbons (Fsp3) is 0.667. The number of carbonyl (C=O) groups excluding carboxylic acids is 2. The lowest BCUT2D eigenvalue weighted by Crippen LogP contribution is -2.29. The van der Waals surface area contributed by atoms with Crippen molar-refractivity contribution in [3.05, 3.63) is 12.2 Å². The summed E-state index contributed by atoms with van der Waals surface area (Å²) in [7, 11) is 0. The lowest BCUT2D eigenvalue weighted by Gasteiger charge is -2.16. The molecule has 2 fully saturated rings. The summed E-state index contributed by atoms with van der Waals surface area (Å²) in [5, 5.41) is 0. The molecule has 3 aliphatic rings. The van der Waals surface area contributed by atoms with Crippen molar-refractivity contribution < 1.29 is 9.59 Å². The number of fused-ring (bicyclic) bond motifs is 5. The molecule has 0 saturated heterocycles. The van der Waals surface area contributed by atoms with Crippen molar-refractivity contribution in [3.63, 3.8) is 0 Å². The van der Waals surface area contributed by atoms with E-state index in [9.17, 15) is 9.59 Å². The Labute approximate surface area is 83.4 Å². The average Bonchev–Trinajstić information content (AvgIpc) is 2.76. The van der Waals surface area contributed by atoms with Gasteiger partial charge in [0.25, 0.3) is 0 Å². The number of hydrogen-bond acceptors (Lipinski definition) is 2. The van der Waals surface area contributed by atoms with Gasteiger partial charge >= 0.3 is 0 Å². The molecule has 0 spiro atoms. The molecule has 4 atom stereocenters. The lowest BCUT2D eigenvalue weighted by atomic mass is 9.84. The minimum atomic E-state index is -0.710. The Balaban J connectivity index is 2.11. The number of allylic oxidation sites excluding steroid dienone is 2. The van der Waals surface area contributed by atoms with Gasteiger partial charge in [0, 0.05) is 11.8 Å². The number of rotatable bonds is 0. The van der Waals surface area contributed by atoms with Crippen molar-refractivity contribution >= 4 is 11.6 Å². The molecule has 2 heteroatoms. The molecule has 0 amide bonds. The molecule has 0 aromatic heterocycles. The van der Waals surface area contributed by atoms with Crippen LogP contribution in [0.15, 0.2) is 12.2 Å². The molecule has 3 aliphatic carbocycles. The van der Waals surface area contributed by atoms with Crippen molar-refractivity contribution in [2.45, 2.75) is 20.3 Å². The first-order valence-corrected chi connectivity index (χ1v) is 5.30. The quantitative estimate of drug-likeness (QED) is 0.429. The van der Waals surface area contributed by atoms with Gasteiger partial charge in [-0.15, -0.1) is 0 Å². The summed E-state index contributed by atoms with van der Waals surface area (Å²) >= 11 is 0. The van der Waals surface area contributed by atoms with Gasteiger partial charge in [-0.05, 0) is 32.1 Å². The van der Waals surface area contributed by atoms with Gasteiger partial charge in [0.15, 0.2) is 0 Å². The van der Waals surface area contributed by atoms with E-state index < -0.39 is 5.41 Å². The van der Waals surface area contributed by atoms with E-state index in [1.165, 1.54) is 0 Å². The summed E-state index contributed by atoms with van der Waals surface area (Å²) in [5.74, 6) is 1.14. The highest BCUT2D eigenvalue weighted by atomic mass is 16.2. The summed E-state index contributed by atoms with van der Waals surface area (Å²) in [5.41, 5.74) is -0.710. The molecule has 2 saturated carbocycles. The zero-order valence-electron chi connectivity index (χ0n) is 8.49. The van der Waals surface area contributed by atoms with Crippen LogP contribution in [0.3, 0.4) is 0 Å². The zero-order valence-corrected chi connectivity index (χ0v) is 8.49. The van der Waals surface area contributed by atoms with E-state index in [-0.39, 0.29) is 23.4 Å². The topological polar surface area (TPSA) is 34.1 Å². The standard InChI is InChI=1S/C12H14O2/c1-12(2)10(13)8-6-3-4-7(5-6)9(8)11(12)14/h3-4,6-9H,5H2,1-2H3/t6-,7-,8-,9+/m0/s1.